The van der Waals surface area contributed by atoms with Gasteiger partial charge in [-0.15, -0.1) is 10.2 Å². The van der Waals surface area contributed by atoms with Gasteiger partial charge < -0.3 is 10.1 Å². The highest BCUT2D eigenvalue weighted by Crippen LogP contribution is 2.32. The van der Waals surface area contributed by atoms with E-state index in [4.69, 9.17) is 16.3 Å². The Labute approximate surface area is 185 Å². The minimum atomic E-state index is -4.58. The van der Waals surface area contributed by atoms with Crippen LogP contribution in [0.5, 0.6) is 5.75 Å². The molecule has 0 aliphatic rings. The molecule has 4 aromatic rings. The summed E-state index contributed by atoms with van der Waals surface area (Å²) in [6, 6.07) is 17.6. The van der Waals surface area contributed by atoms with Gasteiger partial charge in [0.05, 0.1) is 17.1 Å². The number of para-hydroxylation sites is 1. The Bertz CT molecular complexity index is 1260. The summed E-state index contributed by atoms with van der Waals surface area (Å²) in [5, 5.41) is 10.0. The molecule has 1 N–H and O–H groups in total. The number of alkyl halides is 3. The zero-order chi connectivity index (χ0) is 22.7. The number of carbonyl (C=O) groups excluding carboxylic acids is 1. The van der Waals surface area contributed by atoms with Gasteiger partial charge in [0.1, 0.15) is 5.75 Å². The Balaban J connectivity index is 1.44. The van der Waals surface area contributed by atoms with Gasteiger partial charge in [-0.2, -0.15) is 13.2 Å². The second kappa shape index (κ2) is 8.88. The molecule has 1 amide bonds. The highest BCUT2D eigenvalue weighted by atomic mass is 35.5. The molecule has 0 unspecified atom stereocenters. The van der Waals surface area contributed by atoms with Crippen molar-refractivity contribution in [2.24, 2.45) is 0 Å². The molecule has 0 radical (unpaired) electrons. The highest BCUT2D eigenvalue weighted by Gasteiger charge is 2.32. The number of aromatic nitrogens is 3. The minimum Gasteiger partial charge on any atom is -0.483 e. The topological polar surface area (TPSA) is 68.5 Å². The molecule has 0 spiro atoms. The molecule has 6 nitrogen and oxygen atoms in total. The maximum atomic E-state index is 13.1. The third-order valence-corrected chi connectivity index (χ3v) is 4.91. The zero-order valence-electron chi connectivity index (χ0n) is 16.4. The average molecular weight is 461 g/mol. The van der Waals surface area contributed by atoms with Crippen molar-refractivity contribution in [3.63, 3.8) is 0 Å². The van der Waals surface area contributed by atoms with Crippen molar-refractivity contribution in [2.45, 2.75) is 12.7 Å². The fraction of sp³-hybridized carbons (Fsp3) is 0.136. The number of rotatable bonds is 6. The number of nitrogens with one attached hydrogen (secondary N) is 1. The summed E-state index contributed by atoms with van der Waals surface area (Å²) in [6.07, 6.45) is -3.74. The predicted molar refractivity (Wildman–Crippen MR) is 112 cm³/mol. The maximum Gasteiger partial charge on any atom is 0.417 e. The SMILES string of the molecule is O=C(COc1ccccc1-c1ccccc1)NCc1nnc2c(Cl)cc(C(F)(F)F)cn12. The molecule has 0 bridgehead atoms. The standard InChI is InChI=1S/C22H16ClF3N4O2/c23-17-10-15(22(24,25)26)12-30-19(28-29-21(17)30)11-27-20(31)13-32-18-9-5-4-8-16(18)14-6-2-1-3-7-14/h1-10,12H,11,13H2,(H,27,31). The molecular formula is C22H16ClF3N4O2. The number of pyridine rings is 1. The van der Waals surface area contributed by atoms with E-state index in [-0.39, 0.29) is 29.6 Å². The zero-order valence-corrected chi connectivity index (χ0v) is 17.2. The Hall–Kier alpha value is -3.59. The third kappa shape index (κ3) is 4.67. The Morgan fingerprint density at radius 2 is 1.78 bits per heavy atom. The van der Waals surface area contributed by atoms with E-state index in [9.17, 15) is 18.0 Å². The number of fused-ring (bicyclic) bond motifs is 1. The van der Waals surface area contributed by atoms with E-state index >= 15 is 0 Å². The van der Waals surface area contributed by atoms with Crippen molar-refractivity contribution in [3.05, 3.63) is 83.3 Å². The van der Waals surface area contributed by atoms with Crippen LogP contribution < -0.4 is 10.1 Å². The second-order valence-corrected chi connectivity index (χ2v) is 7.22. The number of benzene rings is 2. The van der Waals surface area contributed by atoms with Gasteiger partial charge in [-0.05, 0) is 17.7 Å². The van der Waals surface area contributed by atoms with Crippen molar-refractivity contribution >= 4 is 23.2 Å². The molecule has 2 aromatic heterocycles. The van der Waals surface area contributed by atoms with Gasteiger partial charge in [0.25, 0.3) is 5.91 Å². The average Bonchev–Trinajstić information content (AvgIpc) is 3.20. The lowest BCUT2D eigenvalue weighted by molar-refractivity contribution is -0.137. The number of hydrogen-bond donors (Lipinski definition) is 1. The predicted octanol–water partition coefficient (Wildman–Crippen LogP) is 4.76. The summed E-state index contributed by atoms with van der Waals surface area (Å²) >= 11 is 5.90. The van der Waals surface area contributed by atoms with Gasteiger partial charge >= 0.3 is 6.18 Å². The Kier molecular flexibility index (Phi) is 6.00. The van der Waals surface area contributed by atoms with E-state index in [2.05, 4.69) is 15.5 Å². The van der Waals surface area contributed by atoms with Crippen LogP contribution in [-0.4, -0.2) is 27.1 Å². The van der Waals surface area contributed by atoms with Gasteiger partial charge in [-0.3, -0.25) is 9.20 Å². The van der Waals surface area contributed by atoms with Crippen molar-refractivity contribution in [1.29, 1.82) is 0 Å². The maximum absolute atomic E-state index is 13.1. The monoisotopic (exact) mass is 460 g/mol. The number of halogens is 4. The summed E-state index contributed by atoms with van der Waals surface area (Å²) in [4.78, 5) is 12.3. The van der Waals surface area contributed by atoms with Gasteiger partial charge in [-0.1, -0.05) is 60.1 Å². The lowest BCUT2D eigenvalue weighted by Gasteiger charge is -2.12. The second-order valence-electron chi connectivity index (χ2n) is 6.81. The highest BCUT2D eigenvalue weighted by molar-refractivity contribution is 6.33. The summed E-state index contributed by atoms with van der Waals surface area (Å²) in [7, 11) is 0. The summed E-state index contributed by atoms with van der Waals surface area (Å²) in [5.74, 6) is 0.164. The summed E-state index contributed by atoms with van der Waals surface area (Å²) < 4.78 is 46.0. The third-order valence-electron chi connectivity index (χ3n) is 4.63. The first-order chi connectivity index (χ1) is 15.3. The van der Waals surface area contributed by atoms with E-state index in [0.717, 1.165) is 27.8 Å². The van der Waals surface area contributed by atoms with Crippen molar-refractivity contribution in [2.75, 3.05) is 6.61 Å². The molecule has 0 aliphatic heterocycles. The van der Waals surface area contributed by atoms with Crippen molar-refractivity contribution in [3.8, 4) is 16.9 Å². The molecule has 0 saturated carbocycles. The molecule has 2 heterocycles. The molecule has 0 atom stereocenters. The van der Waals surface area contributed by atoms with Gasteiger partial charge in [-0.25, -0.2) is 0 Å². The lowest BCUT2D eigenvalue weighted by atomic mass is 10.1. The minimum absolute atomic E-state index is 0.0666. The van der Waals surface area contributed by atoms with Crippen LogP contribution in [0.25, 0.3) is 16.8 Å². The number of nitrogens with zero attached hydrogens (tertiary/aromatic N) is 3. The number of amides is 1. The number of hydrogen-bond acceptors (Lipinski definition) is 4. The first-order valence-corrected chi connectivity index (χ1v) is 9.85. The van der Waals surface area contributed by atoms with Crippen molar-refractivity contribution in [1.82, 2.24) is 19.9 Å². The van der Waals surface area contributed by atoms with Crippen LogP contribution in [0.4, 0.5) is 13.2 Å². The normalized spacial score (nSPS) is 11.5. The van der Waals surface area contributed by atoms with Gasteiger partial charge in [0, 0.05) is 11.8 Å². The molecule has 0 aliphatic carbocycles. The van der Waals surface area contributed by atoms with Crippen LogP contribution in [0, 0.1) is 0 Å². The lowest BCUT2D eigenvalue weighted by Crippen LogP contribution is -2.29. The number of carbonyl (C=O) groups is 1. The molecular weight excluding hydrogens is 445 g/mol. The quantitative estimate of drug-likeness (QED) is 0.450. The van der Waals surface area contributed by atoms with Gasteiger partial charge in [0.2, 0.25) is 0 Å². The summed E-state index contributed by atoms with van der Waals surface area (Å²) in [6.45, 7) is -0.434. The fourth-order valence-electron chi connectivity index (χ4n) is 3.10. The van der Waals surface area contributed by atoms with E-state index in [1.54, 1.807) is 12.1 Å². The fourth-order valence-corrected chi connectivity index (χ4v) is 3.34. The molecule has 10 heteroatoms. The number of ether oxygens (including phenoxy) is 1. The van der Waals surface area contributed by atoms with Crippen LogP contribution in [-0.2, 0) is 17.5 Å². The van der Waals surface area contributed by atoms with E-state index < -0.39 is 17.6 Å². The van der Waals surface area contributed by atoms with E-state index in [1.165, 1.54) is 0 Å². The molecule has 4 rings (SSSR count). The molecule has 32 heavy (non-hydrogen) atoms. The smallest absolute Gasteiger partial charge is 0.417 e. The summed E-state index contributed by atoms with van der Waals surface area (Å²) in [5.41, 5.74) is 0.898. The van der Waals surface area contributed by atoms with Crippen molar-refractivity contribution < 1.29 is 22.7 Å². The van der Waals surface area contributed by atoms with E-state index in [1.807, 2.05) is 42.5 Å². The first kappa shape index (κ1) is 21.6. The van der Waals surface area contributed by atoms with Crippen LogP contribution in [0.2, 0.25) is 5.02 Å². The van der Waals surface area contributed by atoms with Crippen LogP contribution in [0.3, 0.4) is 0 Å². The Morgan fingerprint density at radius 1 is 1.06 bits per heavy atom. The van der Waals surface area contributed by atoms with E-state index in [0.29, 0.717) is 5.75 Å². The largest absolute Gasteiger partial charge is 0.483 e. The molecule has 0 fully saturated rings. The molecule has 0 saturated heterocycles. The van der Waals surface area contributed by atoms with Gasteiger partial charge in [0.15, 0.2) is 18.1 Å². The van der Waals surface area contributed by atoms with Crippen LogP contribution in [0.1, 0.15) is 11.4 Å². The first-order valence-electron chi connectivity index (χ1n) is 9.47. The van der Waals surface area contributed by atoms with Crippen LogP contribution >= 0.6 is 11.6 Å². The molecule has 164 valence electrons. The van der Waals surface area contributed by atoms with Crippen LogP contribution in [0.15, 0.2) is 66.9 Å². The Morgan fingerprint density at radius 3 is 2.53 bits per heavy atom. The molecule has 2 aromatic carbocycles.